The van der Waals surface area contributed by atoms with Crippen molar-refractivity contribution in [3.63, 3.8) is 0 Å². The lowest BCUT2D eigenvalue weighted by atomic mass is 9.51. The maximum Gasteiger partial charge on any atom is 0.296 e. The van der Waals surface area contributed by atoms with Crippen molar-refractivity contribution in [2.75, 3.05) is 6.61 Å². The van der Waals surface area contributed by atoms with Crippen LogP contribution in [0.2, 0.25) is 0 Å². The minimum Gasteiger partial charge on any atom is -0.393 e. The molecule has 4 aliphatic rings. The Bertz CT molecular complexity index is 1120. The summed E-state index contributed by atoms with van der Waals surface area (Å²) < 4.78 is 31.1. The molecule has 0 spiro atoms. The minimum atomic E-state index is -3.74. The number of benzene rings is 1. The minimum absolute atomic E-state index is 0.0899. The fourth-order valence-electron chi connectivity index (χ4n) is 7.82. The van der Waals surface area contributed by atoms with Gasteiger partial charge < -0.3 is 5.11 Å². The van der Waals surface area contributed by atoms with Gasteiger partial charge >= 0.3 is 0 Å². The molecule has 0 amide bonds. The molecule has 0 aromatic heterocycles. The van der Waals surface area contributed by atoms with Gasteiger partial charge in [-0.25, -0.2) is 0 Å². The summed E-state index contributed by atoms with van der Waals surface area (Å²) in [6.45, 7) is 9.19. The van der Waals surface area contributed by atoms with E-state index in [1.807, 2.05) is 19.1 Å². The first-order valence-electron chi connectivity index (χ1n) is 13.1. The van der Waals surface area contributed by atoms with Gasteiger partial charge in [-0.15, -0.1) is 0 Å². The van der Waals surface area contributed by atoms with E-state index in [9.17, 15) is 13.5 Å². The van der Waals surface area contributed by atoms with Crippen LogP contribution < -0.4 is 0 Å². The Morgan fingerprint density at radius 3 is 2.56 bits per heavy atom. The molecule has 1 aromatic rings. The lowest BCUT2D eigenvalue weighted by Crippen LogP contribution is -2.44. The van der Waals surface area contributed by atoms with E-state index >= 15 is 0 Å². The third-order valence-electron chi connectivity index (χ3n) is 9.96. The summed E-state index contributed by atoms with van der Waals surface area (Å²) in [5.74, 6) is 1.15. The maximum atomic E-state index is 12.7. The highest BCUT2D eigenvalue weighted by Gasteiger charge is 2.53. The summed E-state index contributed by atoms with van der Waals surface area (Å²) >= 11 is 0. The van der Waals surface area contributed by atoms with Gasteiger partial charge in [-0.1, -0.05) is 50.1 Å². The van der Waals surface area contributed by atoms with E-state index in [0.29, 0.717) is 11.8 Å². The third kappa shape index (κ3) is 3.92. The smallest absolute Gasteiger partial charge is 0.296 e. The maximum absolute atomic E-state index is 12.7. The predicted molar refractivity (Wildman–Crippen MR) is 135 cm³/mol. The second-order valence-corrected chi connectivity index (χ2v) is 13.6. The number of fused-ring (bicyclic) bond motifs is 4. The highest BCUT2D eigenvalue weighted by atomic mass is 32.2. The van der Waals surface area contributed by atoms with Crippen LogP contribution in [-0.2, 0) is 14.3 Å². The molecule has 0 aliphatic heterocycles. The quantitative estimate of drug-likeness (QED) is 0.495. The Morgan fingerprint density at radius 1 is 1.09 bits per heavy atom. The molecule has 186 valence electrons. The van der Waals surface area contributed by atoms with Gasteiger partial charge in [0.15, 0.2) is 0 Å². The highest BCUT2D eigenvalue weighted by Crippen LogP contribution is 2.64. The average Bonchev–Trinajstić information content (AvgIpc) is 3.15. The molecule has 34 heavy (non-hydrogen) atoms. The molecule has 0 saturated heterocycles. The Balaban J connectivity index is 1.32. The molecule has 5 rings (SSSR count). The molecule has 0 bridgehead atoms. The molecule has 5 heteroatoms. The summed E-state index contributed by atoms with van der Waals surface area (Å²) in [5, 5.41) is 10.3. The topological polar surface area (TPSA) is 63.6 Å². The van der Waals surface area contributed by atoms with Crippen molar-refractivity contribution < 1.29 is 17.7 Å². The molecule has 6 atom stereocenters. The predicted octanol–water partition coefficient (Wildman–Crippen LogP) is 6.34. The number of aliphatic hydroxyl groups excluding tert-OH is 1. The molecule has 0 unspecified atom stereocenters. The molecule has 4 aliphatic carbocycles. The van der Waals surface area contributed by atoms with Crippen molar-refractivity contribution in [3.8, 4) is 0 Å². The van der Waals surface area contributed by atoms with Crippen molar-refractivity contribution in [1.29, 1.82) is 0 Å². The largest absolute Gasteiger partial charge is 0.393 e. The molecule has 1 N–H and O–H groups in total. The second-order valence-electron chi connectivity index (χ2n) is 11.9. The van der Waals surface area contributed by atoms with Gasteiger partial charge in [0, 0.05) is 0 Å². The summed E-state index contributed by atoms with van der Waals surface area (Å²) in [6.07, 6.45) is 10.9. The Hall–Kier alpha value is -1.43. The van der Waals surface area contributed by atoms with E-state index in [1.165, 1.54) is 12.0 Å². The zero-order chi connectivity index (χ0) is 24.3. The number of hydrogen-bond donors (Lipinski definition) is 1. The van der Waals surface area contributed by atoms with Crippen LogP contribution in [0.4, 0.5) is 0 Å². The lowest BCUT2D eigenvalue weighted by molar-refractivity contribution is 0.0221. The zero-order valence-corrected chi connectivity index (χ0v) is 22.0. The number of allylic oxidation sites excluding steroid dienone is 4. The molecular formula is C29H40O4S. The summed E-state index contributed by atoms with van der Waals surface area (Å²) in [6, 6.07) is 6.87. The van der Waals surface area contributed by atoms with Crippen molar-refractivity contribution in [2.45, 2.75) is 90.1 Å². The lowest BCUT2D eigenvalue weighted by Gasteiger charge is -2.53. The van der Waals surface area contributed by atoms with Crippen LogP contribution in [0.3, 0.4) is 0 Å². The van der Waals surface area contributed by atoms with Crippen LogP contribution in [0.25, 0.3) is 0 Å². The summed E-state index contributed by atoms with van der Waals surface area (Å²) in [4.78, 5) is 0.233. The molecule has 1 fully saturated rings. The second kappa shape index (κ2) is 8.60. The Labute approximate surface area is 205 Å². The molecule has 4 nitrogen and oxygen atoms in total. The van der Waals surface area contributed by atoms with Crippen molar-refractivity contribution in [3.05, 3.63) is 52.6 Å². The normalized spacial score (nSPS) is 36.4. The number of aryl methyl sites for hydroxylation is 1. The highest BCUT2D eigenvalue weighted by molar-refractivity contribution is 7.86. The fourth-order valence-corrected chi connectivity index (χ4v) is 8.81. The SMILES string of the molecule is Cc1ccc(S(=O)(=O)OC[C@@H](C)[C@H]2CC=C3C4=C(CC[C@@]32C)[C@@]2(C)CC[C@H](O)C[C@@H]2CC4)cc1. The van der Waals surface area contributed by atoms with Gasteiger partial charge in [0.1, 0.15) is 0 Å². The number of hydrogen-bond acceptors (Lipinski definition) is 4. The molecule has 0 heterocycles. The summed E-state index contributed by atoms with van der Waals surface area (Å²) in [5.41, 5.74) is 6.18. The van der Waals surface area contributed by atoms with Crippen LogP contribution in [0.1, 0.15) is 77.7 Å². The van der Waals surface area contributed by atoms with E-state index in [4.69, 9.17) is 4.18 Å². The van der Waals surface area contributed by atoms with Crippen molar-refractivity contribution in [2.24, 2.45) is 28.6 Å². The first-order chi connectivity index (χ1) is 16.0. The number of aliphatic hydroxyl groups is 1. The van der Waals surface area contributed by atoms with Gasteiger partial charge in [-0.05, 0) is 110 Å². The molecule has 1 saturated carbocycles. The van der Waals surface area contributed by atoms with Crippen molar-refractivity contribution in [1.82, 2.24) is 0 Å². The van der Waals surface area contributed by atoms with E-state index in [1.54, 1.807) is 23.3 Å². The molecule has 1 aromatic carbocycles. The molecular weight excluding hydrogens is 444 g/mol. The van der Waals surface area contributed by atoms with Crippen molar-refractivity contribution >= 4 is 10.1 Å². The Morgan fingerprint density at radius 2 is 1.82 bits per heavy atom. The van der Waals surface area contributed by atoms with Gasteiger partial charge in [0.2, 0.25) is 0 Å². The zero-order valence-electron chi connectivity index (χ0n) is 21.1. The van der Waals surface area contributed by atoms with Crippen LogP contribution in [0, 0.1) is 35.5 Å². The fraction of sp³-hybridized carbons (Fsp3) is 0.655. The van der Waals surface area contributed by atoms with Crippen LogP contribution in [0.15, 0.2) is 52.0 Å². The first-order valence-corrected chi connectivity index (χ1v) is 14.5. The van der Waals surface area contributed by atoms with Gasteiger partial charge in [0.05, 0.1) is 17.6 Å². The standard InChI is InChI=1S/C29H40O4S/c1-19-5-8-23(9-6-19)34(31,32)33-18-20(2)25-11-12-26-24-10-7-21-17-22(30)13-15-28(21,3)27(24)14-16-29(25,26)4/h5-6,8-9,12,20-22,25,30H,7,10-11,13-18H2,1-4H3/t20-,21+,22+,25-,28+,29-/m1/s1. The van der Waals surface area contributed by atoms with Gasteiger partial charge in [0.25, 0.3) is 10.1 Å². The molecule has 0 radical (unpaired) electrons. The van der Waals surface area contributed by atoms with E-state index in [0.717, 1.165) is 50.5 Å². The Kier molecular flexibility index (Phi) is 6.14. The van der Waals surface area contributed by atoms with Gasteiger partial charge in [-0.2, -0.15) is 8.42 Å². The van der Waals surface area contributed by atoms with E-state index in [2.05, 4.69) is 26.8 Å². The summed E-state index contributed by atoms with van der Waals surface area (Å²) in [7, 11) is -3.74. The monoisotopic (exact) mass is 484 g/mol. The van der Waals surface area contributed by atoms with Crippen LogP contribution in [0.5, 0.6) is 0 Å². The van der Waals surface area contributed by atoms with Crippen LogP contribution >= 0.6 is 0 Å². The third-order valence-corrected chi connectivity index (χ3v) is 11.3. The number of rotatable bonds is 5. The van der Waals surface area contributed by atoms with Crippen LogP contribution in [-0.4, -0.2) is 26.2 Å². The van der Waals surface area contributed by atoms with E-state index in [-0.39, 0.29) is 34.4 Å². The van der Waals surface area contributed by atoms with E-state index < -0.39 is 10.1 Å². The van der Waals surface area contributed by atoms with Gasteiger partial charge in [-0.3, -0.25) is 4.18 Å². The first kappa shape index (κ1) is 24.3. The average molecular weight is 485 g/mol.